The Morgan fingerprint density at radius 1 is 1.40 bits per heavy atom. The van der Waals surface area contributed by atoms with Gasteiger partial charge in [-0.3, -0.25) is 14.5 Å². The molecule has 1 aromatic rings. The summed E-state index contributed by atoms with van der Waals surface area (Å²) in [6.07, 6.45) is 1.94. The Bertz CT molecular complexity index is 474. The minimum atomic E-state index is -0.423. The van der Waals surface area contributed by atoms with E-state index in [1.807, 2.05) is 27.1 Å². The maximum Gasteiger partial charge on any atom is 0.159 e. The lowest BCUT2D eigenvalue weighted by Gasteiger charge is -2.43. The van der Waals surface area contributed by atoms with E-state index in [0.29, 0.717) is 0 Å². The molecule has 1 aromatic heterocycles. The minimum Gasteiger partial charge on any atom is -0.409 e. The van der Waals surface area contributed by atoms with Crippen LogP contribution in [-0.4, -0.2) is 67.6 Å². The van der Waals surface area contributed by atoms with E-state index in [2.05, 4.69) is 25.3 Å². The fraction of sp³-hybridized carbons (Fsp3) is 0.750. The molecule has 0 amide bonds. The average Bonchev–Trinajstić information content (AvgIpc) is 2.83. The van der Waals surface area contributed by atoms with Crippen molar-refractivity contribution in [1.82, 2.24) is 24.8 Å². The van der Waals surface area contributed by atoms with Crippen molar-refractivity contribution < 1.29 is 5.21 Å². The zero-order valence-electron chi connectivity index (χ0n) is 12.3. The number of oxime groups is 1. The Kier molecular flexibility index (Phi) is 4.24. The molecular formula is C12H23N7O. The molecule has 1 saturated heterocycles. The standard InChI is InChI=1S/C12H23N7O/c1-12(2,11(13)15-20)19-6-4-18(5-7-19)9-10-8-17(3)16-14-10/h8,20H,4-7,9H2,1-3H3,(H2,13,15). The van der Waals surface area contributed by atoms with E-state index in [1.165, 1.54) is 0 Å². The number of nitrogens with two attached hydrogens (primary N) is 1. The van der Waals surface area contributed by atoms with Crippen LogP contribution in [0.5, 0.6) is 0 Å². The predicted octanol–water partition coefficient (Wildman–Crippen LogP) is -0.542. The van der Waals surface area contributed by atoms with Gasteiger partial charge in [-0.05, 0) is 13.8 Å². The highest BCUT2D eigenvalue weighted by atomic mass is 16.4. The number of rotatable bonds is 4. The summed E-state index contributed by atoms with van der Waals surface area (Å²) < 4.78 is 1.72. The summed E-state index contributed by atoms with van der Waals surface area (Å²) in [7, 11) is 1.87. The summed E-state index contributed by atoms with van der Waals surface area (Å²) in [5.74, 6) is 0.250. The van der Waals surface area contributed by atoms with Crippen LogP contribution in [0.3, 0.4) is 0 Å². The van der Waals surface area contributed by atoms with Crippen LogP contribution in [0.15, 0.2) is 11.4 Å². The first-order valence-corrected chi connectivity index (χ1v) is 6.74. The van der Waals surface area contributed by atoms with Gasteiger partial charge in [0, 0.05) is 46.0 Å². The van der Waals surface area contributed by atoms with Crippen LogP contribution in [0.25, 0.3) is 0 Å². The Labute approximate surface area is 118 Å². The van der Waals surface area contributed by atoms with Gasteiger partial charge in [0.25, 0.3) is 0 Å². The Hall–Kier alpha value is -1.67. The summed E-state index contributed by atoms with van der Waals surface area (Å²) in [6, 6.07) is 0. The van der Waals surface area contributed by atoms with Gasteiger partial charge in [-0.15, -0.1) is 5.10 Å². The largest absolute Gasteiger partial charge is 0.409 e. The Balaban J connectivity index is 1.89. The normalized spacial score (nSPS) is 19.4. The smallest absolute Gasteiger partial charge is 0.159 e. The molecule has 0 spiro atoms. The second-order valence-corrected chi connectivity index (χ2v) is 5.69. The van der Waals surface area contributed by atoms with Gasteiger partial charge in [-0.1, -0.05) is 10.4 Å². The van der Waals surface area contributed by atoms with Crippen LogP contribution in [-0.2, 0) is 13.6 Å². The van der Waals surface area contributed by atoms with E-state index in [0.717, 1.165) is 38.4 Å². The van der Waals surface area contributed by atoms with Crippen LogP contribution in [0, 0.1) is 0 Å². The monoisotopic (exact) mass is 281 g/mol. The van der Waals surface area contributed by atoms with Gasteiger partial charge in [0.15, 0.2) is 5.84 Å². The summed E-state index contributed by atoms with van der Waals surface area (Å²) in [5.41, 5.74) is 6.33. The fourth-order valence-electron chi connectivity index (χ4n) is 2.45. The predicted molar refractivity (Wildman–Crippen MR) is 75.3 cm³/mol. The van der Waals surface area contributed by atoms with Crippen molar-refractivity contribution in [1.29, 1.82) is 0 Å². The molecule has 0 atom stereocenters. The lowest BCUT2D eigenvalue weighted by atomic mass is 10.0. The van der Waals surface area contributed by atoms with Crippen molar-refractivity contribution in [3.05, 3.63) is 11.9 Å². The lowest BCUT2D eigenvalue weighted by molar-refractivity contribution is 0.0787. The highest BCUT2D eigenvalue weighted by Gasteiger charge is 2.33. The van der Waals surface area contributed by atoms with Crippen molar-refractivity contribution >= 4 is 5.84 Å². The number of aryl methyl sites for hydroxylation is 1. The van der Waals surface area contributed by atoms with Crippen molar-refractivity contribution in [3.8, 4) is 0 Å². The SMILES string of the molecule is Cn1cc(CN2CCN(C(C)(C)/C(N)=N/O)CC2)nn1. The van der Waals surface area contributed by atoms with Crippen molar-refractivity contribution in [2.45, 2.75) is 25.9 Å². The molecule has 2 heterocycles. The third-order valence-electron chi connectivity index (χ3n) is 3.93. The topological polar surface area (TPSA) is 95.8 Å². The molecule has 0 bridgehead atoms. The number of nitrogens with zero attached hydrogens (tertiary/aromatic N) is 6. The minimum absolute atomic E-state index is 0.250. The summed E-state index contributed by atoms with van der Waals surface area (Å²) >= 11 is 0. The molecule has 1 fully saturated rings. The first-order chi connectivity index (χ1) is 9.43. The summed E-state index contributed by atoms with van der Waals surface area (Å²) in [5, 5.41) is 20.0. The molecule has 3 N–H and O–H groups in total. The quantitative estimate of drug-likeness (QED) is 0.333. The Morgan fingerprint density at radius 3 is 2.55 bits per heavy atom. The van der Waals surface area contributed by atoms with E-state index >= 15 is 0 Å². The lowest BCUT2D eigenvalue weighted by Crippen LogP contribution is -2.59. The van der Waals surface area contributed by atoms with Gasteiger partial charge < -0.3 is 10.9 Å². The molecule has 112 valence electrons. The van der Waals surface area contributed by atoms with Gasteiger partial charge in [0.05, 0.1) is 11.2 Å². The molecule has 8 heteroatoms. The van der Waals surface area contributed by atoms with E-state index in [9.17, 15) is 0 Å². The van der Waals surface area contributed by atoms with E-state index < -0.39 is 5.54 Å². The molecule has 1 aliphatic heterocycles. The van der Waals surface area contributed by atoms with Crippen LogP contribution in [0.2, 0.25) is 0 Å². The third-order valence-corrected chi connectivity index (χ3v) is 3.93. The van der Waals surface area contributed by atoms with E-state index in [-0.39, 0.29) is 5.84 Å². The maximum absolute atomic E-state index is 8.86. The molecule has 0 radical (unpaired) electrons. The van der Waals surface area contributed by atoms with Crippen molar-refractivity contribution in [2.24, 2.45) is 17.9 Å². The number of hydrogen-bond acceptors (Lipinski definition) is 6. The highest BCUT2D eigenvalue weighted by molar-refractivity contribution is 5.88. The van der Waals surface area contributed by atoms with Gasteiger partial charge in [-0.2, -0.15) is 0 Å². The molecule has 0 saturated carbocycles. The zero-order chi connectivity index (χ0) is 14.8. The van der Waals surface area contributed by atoms with Crippen molar-refractivity contribution in [3.63, 3.8) is 0 Å². The molecule has 0 unspecified atom stereocenters. The van der Waals surface area contributed by atoms with E-state index in [4.69, 9.17) is 10.9 Å². The molecule has 1 aliphatic rings. The zero-order valence-corrected chi connectivity index (χ0v) is 12.3. The summed E-state index contributed by atoms with van der Waals surface area (Å²) in [4.78, 5) is 4.57. The van der Waals surface area contributed by atoms with Gasteiger partial charge in [0.2, 0.25) is 0 Å². The van der Waals surface area contributed by atoms with E-state index in [1.54, 1.807) is 4.68 Å². The molecule has 8 nitrogen and oxygen atoms in total. The maximum atomic E-state index is 8.86. The number of amidine groups is 1. The second-order valence-electron chi connectivity index (χ2n) is 5.69. The third kappa shape index (κ3) is 3.07. The van der Waals surface area contributed by atoms with Crippen LogP contribution < -0.4 is 5.73 Å². The first-order valence-electron chi connectivity index (χ1n) is 6.74. The number of aromatic nitrogens is 3. The molecule has 0 aliphatic carbocycles. The molecule has 2 rings (SSSR count). The molecular weight excluding hydrogens is 258 g/mol. The van der Waals surface area contributed by atoms with Crippen LogP contribution in [0.4, 0.5) is 0 Å². The van der Waals surface area contributed by atoms with Crippen LogP contribution >= 0.6 is 0 Å². The van der Waals surface area contributed by atoms with Gasteiger partial charge >= 0.3 is 0 Å². The number of piperazine rings is 1. The second kappa shape index (κ2) is 5.76. The van der Waals surface area contributed by atoms with Gasteiger partial charge in [-0.25, -0.2) is 0 Å². The summed E-state index contributed by atoms with van der Waals surface area (Å²) in [6.45, 7) is 8.37. The van der Waals surface area contributed by atoms with Crippen LogP contribution in [0.1, 0.15) is 19.5 Å². The fourth-order valence-corrected chi connectivity index (χ4v) is 2.45. The first kappa shape index (κ1) is 14.7. The van der Waals surface area contributed by atoms with Crippen molar-refractivity contribution in [2.75, 3.05) is 26.2 Å². The average molecular weight is 281 g/mol. The molecule has 20 heavy (non-hydrogen) atoms. The number of hydrogen-bond donors (Lipinski definition) is 2. The Morgan fingerprint density at radius 2 is 2.05 bits per heavy atom. The molecule has 0 aromatic carbocycles. The van der Waals surface area contributed by atoms with Gasteiger partial charge in [0.1, 0.15) is 0 Å². The highest BCUT2D eigenvalue weighted by Crippen LogP contribution is 2.18.